The molecule has 0 saturated carbocycles. The predicted molar refractivity (Wildman–Crippen MR) is 108 cm³/mol. The van der Waals surface area contributed by atoms with E-state index in [0.29, 0.717) is 17.6 Å². The number of aryl methyl sites for hydroxylation is 1. The number of unbranched alkanes of at least 4 members (excludes halogenated alkanes) is 1. The SMILES string of the molecule is N#Cc1cnc(Nc2cc(NCC3CCNCC3)c(CCCCO)cn2)cn1. The zero-order valence-corrected chi connectivity index (χ0v) is 16.0. The van der Waals surface area contributed by atoms with Gasteiger partial charge in [-0.15, -0.1) is 0 Å². The van der Waals surface area contributed by atoms with Gasteiger partial charge in [0.05, 0.1) is 12.4 Å². The number of aliphatic hydroxyl groups is 1. The minimum atomic E-state index is 0.211. The van der Waals surface area contributed by atoms with Crippen molar-refractivity contribution in [2.75, 3.05) is 36.9 Å². The van der Waals surface area contributed by atoms with Crippen molar-refractivity contribution in [1.82, 2.24) is 20.3 Å². The number of pyridine rings is 1. The first-order valence-electron chi connectivity index (χ1n) is 9.82. The van der Waals surface area contributed by atoms with Crippen LogP contribution in [0.15, 0.2) is 24.7 Å². The monoisotopic (exact) mass is 381 g/mol. The van der Waals surface area contributed by atoms with Gasteiger partial charge in [-0.2, -0.15) is 5.26 Å². The van der Waals surface area contributed by atoms with Gasteiger partial charge in [-0.05, 0) is 56.7 Å². The van der Waals surface area contributed by atoms with Gasteiger partial charge in [0.25, 0.3) is 0 Å². The summed E-state index contributed by atoms with van der Waals surface area (Å²) in [4.78, 5) is 12.7. The molecule has 1 aliphatic rings. The Kier molecular flexibility index (Phi) is 7.53. The molecule has 1 saturated heterocycles. The van der Waals surface area contributed by atoms with Gasteiger partial charge in [0, 0.05) is 31.1 Å². The van der Waals surface area contributed by atoms with E-state index in [4.69, 9.17) is 10.4 Å². The topological polar surface area (TPSA) is 119 Å². The number of rotatable bonds is 9. The van der Waals surface area contributed by atoms with Crippen LogP contribution >= 0.6 is 0 Å². The molecule has 8 nitrogen and oxygen atoms in total. The number of aliphatic hydroxyl groups excluding tert-OH is 1. The van der Waals surface area contributed by atoms with E-state index < -0.39 is 0 Å². The first kappa shape index (κ1) is 20.0. The molecule has 2 aromatic rings. The van der Waals surface area contributed by atoms with E-state index in [9.17, 15) is 0 Å². The van der Waals surface area contributed by atoms with Crippen LogP contribution in [-0.4, -0.2) is 46.3 Å². The highest BCUT2D eigenvalue weighted by atomic mass is 16.2. The Bertz CT molecular complexity index is 782. The molecule has 0 radical (unpaired) electrons. The standard InChI is InChI=1S/C20H27N7O/c21-10-17-13-26-20(14-23-17)27-19-9-18(16(12-25-19)3-1-2-8-28)24-11-15-4-6-22-7-5-15/h9,12-15,22,28H,1-8,11H2,(H2,24,25,26,27). The molecule has 2 aromatic heterocycles. The maximum absolute atomic E-state index is 9.05. The van der Waals surface area contributed by atoms with Crippen molar-refractivity contribution >= 4 is 17.3 Å². The molecular weight excluding hydrogens is 354 g/mol. The largest absolute Gasteiger partial charge is 0.396 e. The Balaban J connectivity index is 1.70. The van der Waals surface area contributed by atoms with Crippen molar-refractivity contribution in [2.24, 2.45) is 5.92 Å². The number of aromatic nitrogens is 3. The lowest BCUT2D eigenvalue weighted by Crippen LogP contribution is -2.31. The molecule has 3 heterocycles. The Hall–Kier alpha value is -2.76. The summed E-state index contributed by atoms with van der Waals surface area (Å²) in [6.07, 6.45) is 9.79. The van der Waals surface area contributed by atoms with Gasteiger partial charge >= 0.3 is 0 Å². The molecule has 0 spiro atoms. The number of hydrogen-bond donors (Lipinski definition) is 4. The lowest BCUT2D eigenvalue weighted by Gasteiger charge is -2.24. The second-order valence-electron chi connectivity index (χ2n) is 7.01. The maximum atomic E-state index is 9.05. The third kappa shape index (κ3) is 5.87. The second kappa shape index (κ2) is 10.5. The van der Waals surface area contributed by atoms with E-state index in [1.165, 1.54) is 25.2 Å². The third-order valence-electron chi connectivity index (χ3n) is 4.90. The van der Waals surface area contributed by atoms with E-state index >= 15 is 0 Å². The van der Waals surface area contributed by atoms with Crippen LogP contribution in [0.1, 0.15) is 36.9 Å². The average molecular weight is 381 g/mol. The van der Waals surface area contributed by atoms with Crippen molar-refractivity contribution in [2.45, 2.75) is 32.1 Å². The molecule has 4 N–H and O–H groups in total. The Morgan fingerprint density at radius 1 is 1.11 bits per heavy atom. The summed E-state index contributed by atoms with van der Waals surface area (Å²) >= 11 is 0. The molecule has 0 amide bonds. The number of piperidine rings is 1. The van der Waals surface area contributed by atoms with Crippen LogP contribution in [0.4, 0.5) is 17.3 Å². The molecule has 0 aromatic carbocycles. The van der Waals surface area contributed by atoms with E-state index in [1.807, 2.05) is 18.3 Å². The molecular formula is C20H27N7O. The van der Waals surface area contributed by atoms with Crippen LogP contribution in [0.25, 0.3) is 0 Å². The second-order valence-corrected chi connectivity index (χ2v) is 7.01. The summed E-state index contributed by atoms with van der Waals surface area (Å²) < 4.78 is 0. The molecule has 0 atom stereocenters. The minimum absolute atomic E-state index is 0.211. The van der Waals surface area contributed by atoms with Crippen LogP contribution in [0.5, 0.6) is 0 Å². The third-order valence-corrected chi connectivity index (χ3v) is 4.90. The fraction of sp³-hybridized carbons (Fsp3) is 0.500. The van der Waals surface area contributed by atoms with Crippen molar-refractivity contribution in [3.8, 4) is 6.07 Å². The molecule has 0 bridgehead atoms. The van der Waals surface area contributed by atoms with Crippen molar-refractivity contribution in [3.05, 3.63) is 35.9 Å². The van der Waals surface area contributed by atoms with Crippen LogP contribution in [0, 0.1) is 17.2 Å². The fourth-order valence-electron chi connectivity index (χ4n) is 3.26. The van der Waals surface area contributed by atoms with E-state index in [-0.39, 0.29) is 12.3 Å². The highest BCUT2D eigenvalue weighted by Crippen LogP contribution is 2.23. The zero-order chi connectivity index (χ0) is 19.6. The van der Waals surface area contributed by atoms with Gasteiger partial charge in [-0.25, -0.2) is 15.0 Å². The summed E-state index contributed by atoms with van der Waals surface area (Å²) in [6, 6.07) is 3.95. The number of nitrogens with zero attached hydrogens (tertiary/aromatic N) is 4. The smallest absolute Gasteiger partial charge is 0.158 e. The Morgan fingerprint density at radius 2 is 1.93 bits per heavy atom. The normalized spacial score (nSPS) is 14.4. The molecule has 1 fully saturated rings. The number of nitrogens with one attached hydrogen (secondary N) is 3. The van der Waals surface area contributed by atoms with Gasteiger partial charge in [0.2, 0.25) is 0 Å². The van der Waals surface area contributed by atoms with Crippen molar-refractivity contribution in [3.63, 3.8) is 0 Å². The van der Waals surface area contributed by atoms with Gasteiger partial charge in [0.15, 0.2) is 5.69 Å². The molecule has 1 aliphatic heterocycles. The van der Waals surface area contributed by atoms with Crippen molar-refractivity contribution < 1.29 is 5.11 Å². The first-order valence-corrected chi connectivity index (χ1v) is 9.82. The van der Waals surface area contributed by atoms with E-state index in [1.54, 1.807) is 0 Å². The van der Waals surface area contributed by atoms with Gasteiger partial charge in [-0.3, -0.25) is 0 Å². The number of anilines is 3. The Labute approximate surface area is 165 Å². The van der Waals surface area contributed by atoms with E-state index in [0.717, 1.165) is 50.1 Å². The Morgan fingerprint density at radius 3 is 2.64 bits per heavy atom. The molecule has 3 rings (SSSR count). The molecule has 8 heteroatoms. The summed E-state index contributed by atoms with van der Waals surface area (Å²) in [7, 11) is 0. The number of nitriles is 1. The van der Waals surface area contributed by atoms with Crippen LogP contribution in [0.2, 0.25) is 0 Å². The summed E-state index contributed by atoms with van der Waals surface area (Å²) in [5.41, 5.74) is 2.50. The van der Waals surface area contributed by atoms with Gasteiger partial charge in [0.1, 0.15) is 17.7 Å². The highest BCUT2D eigenvalue weighted by molar-refractivity contribution is 5.61. The molecule has 28 heavy (non-hydrogen) atoms. The minimum Gasteiger partial charge on any atom is -0.396 e. The summed E-state index contributed by atoms with van der Waals surface area (Å²) in [5, 5.41) is 28.0. The average Bonchev–Trinajstić information content (AvgIpc) is 2.75. The molecule has 0 aliphatic carbocycles. The van der Waals surface area contributed by atoms with Crippen LogP contribution in [-0.2, 0) is 6.42 Å². The lowest BCUT2D eigenvalue weighted by atomic mass is 9.98. The summed E-state index contributed by atoms with van der Waals surface area (Å²) in [5.74, 6) is 1.89. The molecule has 0 unspecified atom stereocenters. The van der Waals surface area contributed by atoms with Crippen LogP contribution < -0.4 is 16.0 Å². The lowest BCUT2D eigenvalue weighted by molar-refractivity contribution is 0.284. The fourth-order valence-corrected chi connectivity index (χ4v) is 3.26. The number of hydrogen-bond acceptors (Lipinski definition) is 8. The first-order chi connectivity index (χ1) is 13.8. The van der Waals surface area contributed by atoms with Crippen molar-refractivity contribution in [1.29, 1.82) is 5.26 Å². The highest BCUT2D eigenvalue weighted by Gasteiger charge is 2.14. The van der Waals surface area contributed by atoms with Crippen LogP contribution in [0.3, 0.4) is 0 Å². The molecule has 148 valence electrons. The quantitative estimate of drug-likeness (QED) is 0.488. The zero-order valence-electron chi connectivity index (χ0n) is 16.0. The van der Waals surface area contributed by atoms with Gasteiger partial charge < -0.3 is 21.1 Å². The predicted octanol–water partition coefficient (Wildman–Crippen LogP) is 2.21. The maximum Gasteiger partial charge on any atom is 0.158 e. The van der Waals surface area contributed by atoms with E-state index in [2.05, 4.69) is 30.9 Å². The summed E-state index contributed by atoms with van der Waals surface area (Å²) in [6.45, 7) is 3.31. The van der Waals surface area contributed by atoms with Gasteiger partial charge in [-0.1, -0.05) is 0 Å².